The van der Waals surface area contributed by atoms with Gasteiger partial charge in [-0.2, -0.15) is 15.8 Å². The van der Waals surface area contributed by atoms with Gasteiger partial charge in [0.2, 0.25) is 0 Å². The molecule has 0 spiro atoms. The molecule has 1 aliphatic carbocycles. The lowest BCUT2D eigenvalue weighted by atomic mass is 9.71. The Bertz CT molecular complexity index is 498. The molecule has 0 saturated carbocycles. The standard InChI is InChI=1S/C12H12N4O/c1-3-8-10(7(2)17)11(16)9(4-13)12(8,5-14)6-15/h8,10H,3,16H2,1-2H3. The number of nitriles is 3. The molecule has 1 aliphatic rings. The van der Waals surface area contributed by atoms with E-state index in [-0.39, 0.29) is 17.1 Å². The molecule has 0 amide bonds. The average molecular weight is 228 g/mol. The summed E-state index contributed by atoms with van der Waals surface area (Å²) in [6.45, 7) is 3.14. The van der Waals surface area contributed by atoms with E-state index >= 15 is 0 Å². The highest BCUT2D eigenvalue weighted by molar-refractivity contribution is 5.84. The summed E-state index contributed by atoms with van der Waals surface area (Å²) < 4.78 is 0. The summed E-state index contributed by atoms with van der Waals surface area (Å²) in [6.07, 6.45) is 0.442. The predicted octanol–water partition coefficient (Wildman–Crippen LogP) is 1.00. The van der Waals surface area contributed by atoms with Crippen molar-refractivity contribution in [1.29, 1.82) is 15.8 Å². The molecular weight excluding hydrogens is 216 g/mol. The lowest BCUT2D eigenvalue weighted by molar-refractivity contribution is -0.121. The molecule has 0 heterocycles. The van der Waals surface area contributed by atoms with Gasteiger partial charge in [0.25, 0.3) is 0 Å². The third kappa shape index (κ3) is 1.47. The molecule has 2 unspecified atom stereocenters. The van der Waals surface area contributed by atoms with E-state index in [0.29, 0.717) is 6.42 Å². The summed E-state index contributed by atoms with van der Waals surface area (Å²) in [5.74, 6) is -1.45. The van der Waals surface area contributed by atoms with Gasteiger partial charge in [0.1, 0.15) is 5.78 Å². The largest absolute Gasteiger partial charge is 0.401 e. The van der Waals surface area contributed by atoms with Crippen molar-refractivity contribution in [3.05, 3.63) is 11.3 Å². The van der Waals surface area contributed by atoms with Crippen LogP contribution in [0.4, 0.5) is 0 Å². The minimum absolute atomic E-state index is 0.0606. The lowest BCUT2D eigenvalue weighted by Crippen LogP contribution is -2.31. The van der Waals surface area contributed by atoms with Crippen molar-refractivity contribution in [2.75, 3.05) is 0 Å². The van der Waals surface area contributed by atoms with Crippen molar-refractivity contribution < 1.29 is 4.79 Å². The summed E-state index contributed by atoms with van der Waals surface area (Å²) in [6, 6.07) is 5.55. The number of hydrogen-bond donors (Lipinski definition) is 1. The predicted molar refractivity (Wildman–Crippen MR) is 58.4 cm³/mol. The average Bonchev–Trinajstić information content (AvgIpc) is 2.57. The first-order valence-electron chi connectivity index (χ1n) is 5.23. The summed E-state index contributed by atoms with van der Waals surface area (Å²) in [7, 11) is 0. The Morgan fingerprint density at radius 1 is 1.41 bits per heavy atom. The summed E-state index contributed by atoms with van der Waals surface area (Å²) >= 11 is 0. The monoisotopic (exact) mass is 228 g/mol. The number of ketones is 1. The zero-order chi connectivity index (χ0) is 13.2. The van der Waals surface area contributed by atoms with Crippen LogP contribution in [-0.4, -0.2) is 5.78 Å². The van der Waals surface area contributed by atoms with Crippen LogP contribution >= 0.6 is 0 Å². The van der Waals surface area contributed by atoms with Crippen molar-refractivity contribution in [2.24, 2.45) is 23.0 Å². The van der Waals surface area contributed by atoms with Crippen LogP contribution in [0.25, 0.3) is 0 Å². The van der Waals surface area contributed by atoms with E-state index in [0.717, 1.165) is 0 Å². The Hall–Kier alpha value is -2.32. The minimum Gasteiger partial charge on any atom is -0.401 e. The Morgan fingerprint density at radius 2 is 1.94 bits per heavy atom. The topological polar surface area (TPSA) is 114 Å². The summed E-state index contributed by atoms with van der Waals surface area (Å²) in [5, 5.41) is 27.5. The number of nitrogens with zero attached hydrogens (tertiary/aromatic N) is 3. The van der Waals surface area contributed by atoms with Crippen molar-refractivity contribution in [3.63, 3.8) is 0 Å². The first-order valence-corrected chi connectivity index (χ1v) is 5.23. The van der Waals surface area contributed by atoms with Gasteiger partial charge in [-0.05, 0) is 13.3 Å². The van der Waals surface area contributed by atoms with E-state index in [2.05, 4.69) is 0 Å². The van der Waals surface area contributed by atoms with E-state index in [1.165, 1.54) is 6.92 Å². The SMILES string of the molecule is CCC1C(C(C)=O)C(N)=C(C#N)C1(C#N)C#N. The normalized spacial score (nSPS) is 25.8. The van der Waals surface area contributed by atoms with Gasteiger partial charge in [-0.1, -0.05) is 6.92 Å². The Kier molecular flexibility index (Phi) is 3.21. The number of carbonyl (C=O) groups excluding carboxylic acids is 1. The zero-order valence-electron chi connectivity index (χ0n) is 9.69. The van der Waals surface area contributed by atoms with Crippen molar-refractivity contribution in [3.8, 4) is 18.2 Å². The fourth-order valence-electron chi connectivity index (χ4n) is 2.53. The molecule has 17 heavy (non-hydrogen) atoms. The van der Waals surface area contributed by atoms with Gasteiger partial charge in [-0.15, -0.1) is 0 Å². The summed E-state index contributed by atoms with van der Waals surface area (Å²) in [4.78, 5) is 11.6. The molecule has 0 aromatic heterocycles. The fraction of sp³-hybridized carbons (Fsp3) is 0.500. The van der Waals surface area contributed by atoms with E-state index in [9.17, 15) is 15.3 Å². The lowest BCUT2D eigenvalue weighted by Gasteiger charge is -2.24. The molecule has 0 fully saturated rings. The van der Waals surface area contributed by atoms with Gasteiger partial charge >= 0.3 is 0 Å². The molecule has 0 bridgehead atoms. The highest BCUT2D eigenvalue weighted by Gasteiger charge is 2.55. The molecule has 0 radical (unpaired) electrons. The molecule has 0 aromatic carbocycles. The molecule has 5 heteroatoms. The first-order chi connectivity index (χ1) is 7.99. The van der Waals surface area contributed by atoms with E-state index in [1.54, 1.807) is 6.92 Å². The minimum atomic E-state index is -1.58. The molecule has 5 nitrogen and oxygen atoms in total. The molecule has 2 N–H and O–H groups in total. The number of rotatable bonds is 2. The fourth-order valence-corrected chi connectivity index (χ4v) is 2.53. The Labute approximate surface area is 99.7 Å². The van der Waals surface area contributed by atoms with Crippen LogP contribution in [0, 0.1) is 51.2 Å². The summed E-state index contributed by atoms with van der Waals surface area (Å²) in [5.41, 5.74) is 4.20. The molecule has 86 valence electrons. The second-order valence-electron chi connectivity index (χ2n) is 4.08. The zero-order valence-corrected chi connectivity index (χ0v) is 9.69. The van der Waals surface area contributed by atoms with Crippen LogP contribution in [0.5, 0.6) is 0 Å². The number of hydrogen-bond acceptors (Lipinski definition) is 5. The maximum Gasteiger partial charge on any atom is 0.183 e. The maximum absolute atomic E-state index is 11.6. The van der Waals surface area contributed by atoms with Crippen molar-refractivity contribution >= 4 is 5.78 Å². The van der Waals surface area contributed by atoms with Crippen LogP contribution in [-0.2, 0) is 4.79 Å². The Balaban J connectivity index is 3.55. The quantitative estimate of drug-likeness (QED) is 0.757. The van der Waals surface area contributed by atoms with Gasteiger partial charge < -0.3 is 5.73 Å². The molecule has 0 aliphatic heterocycles. The first kappa shape index (κ1) is 12.7. The molecule has 0 saturated heterocycles. The van der Waals surface area contributed by atoms with Gasteiger partial charge in [-0.3, -0.25) is 4.79 Å². The van der Waals surface area contributed by atoms with Crippen LogP contribution in [0.1, 0.15) is 20.3 Å². The van der Waals surface area contributed by atoms with Gasteiger partial charge in [0, 0.05) is 11.6 Å². The van der Waals surface area contributed by atoms with E-state index < -0.39 is 17.3 Å². The van der Waals surface area contributed by atoms with Crippen LogP contribution in [0.15, 0.2) is 11.3 Å². The highest BCUT2D eigenvalue weighted by Crippen LogP contribution is 2.50. The second-order valence-corrected chi connectivity index (χ2v) is 4.08. The van der Waals surface area contributed by atoms with Gasteiger partial charge in [0.05, 0.1) is 29.7 Å². The smallest absolute Gasteiger partial charge is 0.183 e. The Morgan fingerprint density at radius 3 is 2.24 bits per heavy atom. The molecule has 2 atom stereocenters. The van der Waals surface area contributed by atoms with Crippen LogP contribution < -0.4 is 5.73 Å². The third-order valence-corrected chi connectivity index (χ3v) is 3.32. The third-order valence-electron chi connectivity index (χ3n) is 3.32. The van der Waals surface area contributed by atoms with E-state index in [1.807, 2.05) is 18.2 Å². The van der Waals surface area contributed by atoms with Crippen molar-refractivity contribution in [1.82, 2.24) is 0 Å². The molecule has 1 rings (SSSR count). The second kappa shape index (κ2) is 4.28. The maximum atomic E-state index is 11.6. The molecular formula is C12H12N4O. The number of nitrogens with two attached hydrogens (primary N) is 1. The van der Waals surface area contributed by atoms with Crippen LogP contribution in [0.2, 0.25) is 0 Å². The number of Topliss-reactive ketones (excluding diaryl/α,β-unsaturated/α-hetero) is 1. The van der Waals surface area contributed by atoms with E-state index in [4.69, 9.17) is 11.0 Å². The highest BCUT2D eigenvalue weighted by atomic mass is 16.1. The number of carbonyl (C=O) groups is 1. The van der Waals surface area contributed by atoms with Crippen molar-refractivity contribution in [2.45, 2.75) is 20.3 Å². The van der Waals surface area contributed by atoms with Crippen LogP contribution in [0.3, 0.4) is 0 Å². The van der Waals surface area contributed by atoms with Gasteiger partial charge in [-0.25, -0.2) is 0 Å². The number of allylic oxidation sites excluding steroid dienone is 2. The van der Waals surface area contributed by atoms with Gasteiger partial charge in [0.15, 0.2) is 5.41 Å². The molecule has 0 aromatic rings.